The molecule has 1 amide bonds. The Hall–Kier alpha value is -0.610. The molecule has 2 atom stereocenters. The summed E-state index contributed by atoms with van der Waals surface area (Å²) in [6, 6.07) is 0.937. The summed E-state index contributed by atoms with van der Waals surface area (Å²) in [5, 5.41) is 6.65. The minimum atomic E-state index is -0.102. The summed E-state index contributed by atoms with van der Waals surface area (Å²) in [5.74, 6) is 0.160. The molecule has 0 radical (unpaired) electrons. The van der Waals surface area contributed by atoms with E-state index in [1.54, 1.807) is 0 Å². The highest BCUT2D eigenvalue weighted by Crippen LogP contribution is 2.19. The molecule has 1 heterocycles. The SMILES string of the molecule is CCNC(C)C1CCCCN1CC(=O)NC(C)(C)CC. The van der Waals surface area contributed by atoms with Gasteiger partial charge in [0.2, 0.25) is 5.91 Å². The number of hydrogen-bond acceptors (Lipinski definition) is 3. The van der Waals surface area contributed by atoms with Gasteiger partial charge < -0.3 is 10.6 Å². The maximum absolute atomic E-state index is 12.2. The van der Waals surface area contributed by atoms with Crippen LogP contribution in [0, 0.1) is 0 Å². The molecular weight excluding hydrogens is 250 g/mol. The van der Waals surface area contributed by atoms with E-state index in [9.17, 15) is 4.79 Å². The number of piperidine rings is 1. The van der Waals surface area contributed by atoms with Crippen molar-refractivity contribution in [2.75, 3.05) is 19.6 Å². The van der Waals surface area contributed by atoms with Crippen LogP contribution in [0.25, 0.3) is 0 Å². The normalized spacial score (nSPS) is 22.6. The molecule has 0 aromatic heterocycles. The third kappa shape index (κ3) is 5.41. The summed E-state index contributed by atoms with van der Waals surface area (Å²) in [6.07, 6.45) is 4.63. The molecule has 1 fully saturated rings. The Balaban J connectivity index is 2.56. The number of hydrogen-bond donors (Lipinski definition) is 2. The molecule has 1 aliphatic heterocycles. The summed E-state index contributed by atoms with van der Waals surface area (Å²) in [7, 11) is 0. The quantitative estimate of drug-likeness (QED) is 0.752. The molecule has 4 heteroatoms. The van der Waals surface area contributed by atoms with E-state index < -0.39 is 0 Å². The van der Waals surface area contributed by atoms with Gasteiger partial charge in [-0.05, 0) is 53.1 Å². The highest BCUT2D eigenvalue weighted by Gasteiger charge is 2.29. The fourth-order valence-corrected chi connectivity index (χ4v) is 2.93. The van der Waals surface area contributed by atoms with Crippen molar-refractivity contribution in [1.29, 1.82) is 0 Å². The van der Waals surface area contributed by atoms with E-state index >= 15 is 0 Å². The van der Waals surface area contributed by atoms with Crippen molar-refractivity contribution in [2.24, 2.45) is 0 Å². The van der Waals surface area contributed by atoms with Crippen molar-refractivity contribution < 1.29 is 4.79 Å². The van der Waals surface area contributed by atoms with Gasteiger partial charge in [-0.15, -0.1) is 0 Å². The van der Waals surface area contributed by atoms with Crippen LogP contribution in [0.3, 0.4) is 0 Å². The van der Waals surface area contributed by atoms with Crippen molar-refractivity contribution in [2.45, 2.75) is 77.9 Å². The van der Waals surface area contributed by atoms with E-state index in [-0.39, 0.29) is 11.4 Å². The van der Waals surface area contributed by atoms with Gasteiger partial charge in [-0.2, -0.15) is 0 Å². The number of carbonyl (C=O) groups is 1. The Labute approximate surface area is 124 Å². The lowest BCUT2D eigenvalue weighted by atomic mass is 9.96. The number of likely N-dealkylation sites (N-methyl/N-ethyl adjacent to an activating group) is 1. The zero-order valence-corrected chi connectivity index (χ0v) is 14.0. The number of nitrogens with one attached hydrogen (secondary N) is 2. The average molecular weight is 283 g/mol. The van der Waals surface area contributed by atoms with Crippen LogP contribution in [-0.2, 0) is 4.79 Å². The Morgan fingerprint density at radius 3 is 2.65 bits per heavy atom. The molecule has 118 valence electrons. The second kappa shape index (κ2) is 7.99. The minimum absolute atomic E-state index is 0.102. The second-order valence-corrected chi connectivity index (χ2v) is 6.67. The van der Waals surface area contributed by atoms with Crippen molar-refractivity contribution in [3.63, 3.8) is 0 Å². The molecular formula is C16H33N3O. The lowest BCUT2D eigenvalue weighted by Gasteiger charge is -2.39. The number of likely N-dealkylation sites (tertiary alicyclic amines) is 1. The molecule has 0 spiro atoms. The van der Waals surface area contributed by atoms with Gasteiger partial charge in [0.15, 0.2) is 0 Å². The van der Waals surface area contributed by atoms with Crippen LogP contribution in [0.1, 0.15) is 60.3 Å². The molecule has 4 nitrogen and oxygen atoms in total. The Bertz CT molecular complexity index is 304. The van der Waals surface area contributed by atoms with E-state index in [0.29, 0.717) is 18.6 Å². The molecule has 0 aromatic rings. The predicted molar refractivity (Wildman–Crippen MR) is 84.9 cm³/mol. The highest BCUT2D eigenvalue weighted by atomic mass is 16.2. The lowest BCUT2D eigenvalue weighted by molar-refractivity contribution is -0.125. The summed E-state index contributed by atoms with van der Waals surface area (Å²) in [5.41, 5.74) is -0.102. The Kier molecular flexibility index (Phi) is 6.96. The van der Waals surface area contributed by atoms with E-state index in [0.717, 1.165) is 19.5 Å². The Morgan fingerprint density at radius 2 is 2.05 bits per heavy atom. The van der Waals surface area contributed by atoms with Crippen LogP contribution in [-0.4, -0.2) is 48.1 Å². The smallest absolute Gasteiger partial charge is 0.234 e. The van der Waals surface area contributed by atoms with Gasteiger partial charge in [0.25, 0.3) is 0 Å². The monoisotopic (exact) mass is 283 g/mol. The van der Waals surface area contributed by atoms with Gasteiger partial charge in [-0.3, -0.25) is 9.69 Å². The number of rotatable bonds is 7. The third-order valence-electron chi connectivity index (χ3n) is 4.48. The molecule has 0 aromatic carbocycles. The van der Waals surface area contributed by atoms with Crippen LogP contribution in [0.4, 0.5) is 0 Å². The van der Waals surface area contributed by atoms with Gasteiger partial charge in [0, 0.05) is 17.6 Å². The number of nitrogens with zero attached hydrogens (tertiary/aromatic N) is 1. The van der Waals surface area contributed by atoms with Crippen LogP contribution in [0.5, 0.6) is 0 Å². The summed E-state index contributed by atoms with van der Waals surface area (Å²) in [4.78, 5) is 14.6. The van der Waals surface area contributed by atoms with Crippen molar-refractivity contribution in [3.8, 4) is 0 Å². The standard InChI is InChI=1S/C16H33N3O/c1-6-16(4,5)18-15(20)12-19-11-9-8-10-14(19)13(3)17-7-2/h13-14,17H,6-12H2,1-5H3,(H,18,20). The first-order valence-corrected chi connectivity index (χ1v) is 8.18. The van der Waals surface area contributed by atoms with E-state index in [1.165, 1.54) is 19.3 Å². The molecule has 1 saturated heterocycles. The zero-order chi connectivity index (χ0) is 15.2. The lowest BCUT2D eigenvalue weighted by Crippen LogP contribution is -2.55. The summed E-state index contributed by atoms with van der Waals surface area (Å²) in [6.45, 7) is 13.2. The van der Waals surface area contributed by atoms with Crippen LogP contribution in [0.2, 0.25) is 0 Å². The topological polar surface area (TPSA) is 44.4 Å². The van der Waals surface area contributed by atoms with Crippen molar-refractivity contribution >= 4 is 5.91 Å². The first-order chi connectivity index (χ1) is 9.39. The van der Waals surface area contributed by atoms with Crippen LogP contribution >= 0.6 is 0 Å². The molecule has 2 unspecified atom stereocenters. The number of amides is 1. The average Bonchev–Trinajstić information content (AvgIpc) is 2.39. The van der Waals surface area contributed by atoms with Gasteiger partial charge >= 0.3 is 0 Å². The second-order valence-electron chi connectivity index (χ2n) is 6.67. The maximum atomic E-state index is 12.2. The summed E-state index contributed by atoms with van der Waals surface area (Å²) >= 11 is 0. The number of carbonyl (C=O) groups excluding carboxylic acids is 1. The largest absolute Gasteiger partial charge is 0.350 e. The molecule has 0 aliphatic carbocycles. The van der Waals surface area contributed by atoms with Crippen LogP contribution in [0.15, 0.2) is 0 Å². The van der Waals surface area contributed by atoms with E-state index in [4.69, 9.17) is 0 Å². The molecule has 20 heavy (non-hydrogen) atoms. The molecule has 1 rings (SSSR count). The fraction of sp³-hybridized carbons (Fsp3) is 0.938. The van der Waals surface area contributed by atoms with Gasteiger partial charge in [-0.25, -0.2) is 0 Å². The van der Waals surface area contributed by atoms with E-state index in [2.05, 4.69) is 50.2 Å². The zero-order valence-electron chi connectivity index (χ0n) is 14.0. The fourth-order valence-electron chi connectivity index (χ4n) is 2.93. The predicted octanol–water partition coefficient (Wildman–Crippen LogP) is 2.14. The molecule has 2 N–H and O–H groups in total. The Morgan fingerprint density at radius 1 is 1.35 bits per heavy atom. The van der Waals surface area contributed by atoms with Gasteiger partial charge in [0.1, 0.15) is 0 Å². The van der Waals surface area contributed by atoms with E-state index in [1.807, 2.05) is 0 Å². The minimum Gasteiger partial charge on any atom is -0.350 e. The highest BCUT2D eigenvalue weighted by molar-refractivity contribution is 5.78. The van der Waals surface area contributed by atoms with Crippen molar-refractivity contribution in [3.05, 3.63) is 0 Å². The van der Waals surface area contributed by atoms with Crippen molar-refractivity contribution in [1.82, 2.24) is 15.5 Å². The molecule has 0 bridgehead atoms. The molecule has 0 saturated carbocycles. The van der Waals surface area contributed by atoms with Crippen LogP contribution < -0.4 is 10.6 Å². The maximum Gasteiger partial charge on any atom is 0.234 e. The van der Waals surface area contributed by atoms with Gasteiger partial charge in [0.05, 0.1) is 6.54 Å². The summed E-state index contributed by atoms with van der Waals surface area (Å²) < 4.78 is 0. The first-order valence-electron chi connectivity index (χ1n) is 8.18. The molecule has 1 aliphatic rings. The first kappa shape index (κ1) is 17.4. The third-order valence-corrected chi connectivity index (χ3v) is 4.48. The van der Waals surface area contributed by atoms with Gasteiger partial charge in [-0.1, -0.05) is 20.3 Å².